The monoisotopic (exact) mass is 237 g/mol. The van der Waals surface area contributed by atoms with Gasteiger partial charge in [-0.1, -0.05) is 6.07 Å². The van der Waals surface area contributed by atoms with Gasteiger partial charge in [0.2, 0.25) is 0 Å². The molecular formula is C13H19NOS. The van der Waals surface area contributed by atoms with Gasteiger partial charge in [-0.3, -0.25) is 0 Å². The van der Waals surface area contributed by atoms with Crippen molar-refractivity contribution in [2.75, 3.05) is 14.2 Å². The van der Waals surface area contributed by atoms with Gasteiger partial charge in [-0.25, -0.2) is 0 Å². The van der Waals surface area contributed by atoms with Crippen LogP contribution in [0.3, 0.4) is 0 Å². The predicted molar refractivity (Wildman–Crippen MR) is 69.3 cm³/mol. The Morgan fingerprint density at radius 2 is 2.25 bits per heavy atom. The second kappa shape index (κ2) is 5.60. The maximum atomic E-state index is 5.24. The summed E-state index contributed by atoms with van der Waals surface area (Å²) >= 11 is 1.98. The van der Waals surface area contributed by atoms with Crippen molar-refractivity contribution in [3.05, 3.63) is 24.3 Å². The van der Waals surface area contributed by atoms with Crippen LogP contribution in [0.2, 0.25) is 0 Å². The normalized spacial score (nSPS) is 24.6. The van der Waals surface area contributed by atoms with Crippen molar-refractivity contribution in [2.24, 2.45) is 0 Å². The van der Waals surface area contributed by atoms with Crippen LogP contribution in [0.25, 0.3) is 0 Å². The van der Waals surface area contributed by atoms with E-state index in [1.54, 1.807) is 7.11 Å². The number of thioether (sulfide) groups is 1. The molecule has 0 aliphatic heterocycles. The molecule has 1 fully saturated rings. The molecule has 0 aromatic heterocycles. The summed E-state index contributed by atoms with van der Waals surface area (Å²) in [6.07, 6.45) is 3.89. The summed E-state index contributed by atoms with van der Waals surface area (Å²) in [6.45, 7) is 0. The zero-order valence-corrected chi connectivity index (χ0v) is 10.7. The molecule has 0 amide bonds. The quantitative estimate of drug-likeness (QED) is 0.870. The smallest absolute Gasteiger partial charge is 0.119 e. The fourth-order valence-electron chi connectivity index (χ4n) is 2.18. The predicted octanol–water partition coefficient (Wildman–Crippen LogP) is 2.93. The van der Waals surface area contributed by atoms with Crippen molar-refractivity contribution in [3.8, 4) is 5.75 Å². The first-order valence-electron chi connectivity index (χ1n) is 5.80. The van der Waals surface area contributed by atoms with Gasteiger partial charge in [0.25, 0.3) is 0 Å². The van der Waals surface area contributed by atoms with Crippen LogP contribution in [-0.2, 0) is 0 Å². The van der Waals surface area contributed by atoms with E-state index in [0.29, 0.717) is 6.04 Å². The fourth-order valence-corrected chi connectivity index (χ4v) is 3.48. The largest absolute Gasteiger partial charge is 0.497 e. The minimum atomic E-state index is 0.711. The maximum absolute atomic E-state index is 5.24. The second-order valence-electron chi connectivity index (χ2n) is 4.22. The van der Waals surface area contributed by atoms with Crippen LogP contribution in [-0.4, -0.2) is 25.4 Å². The van der Waals surface area contributed by atoms with Crippen LogP contribution >= 0.6 is 11.8 Å². The Balaban J connectivity index is 1.94. The highest BCUT2D eigenvalue weighted by Crippen LogP contribution is 2.35. The molecule has 1 aliphatic rings. The molecule has 1 aromatic rings. The Hall–Kier alpha value is -0.670. The van der Waals surface area contributed by atoms with Gasteiger partial charge in [0.15, 0.2) is 0 Å². The molecule has 0 heterocycles. The van der Waals surface area contributed by atoms with E-state index in [4.69, 9.17) is 4.74 Å². The third kappa shape index (κ3) is 2.92. The van der Waals surface area contributed by atoms with Crippen LogP contribution < -0.4 is 10.1 Å². The summed E-state index contributed by atoms with van der Waals surface area (Å²) < 4.78 is 5.24. The summed E-state index contributed by atoms with van der Waals surface area (Å²) in [5.74, 6) is 0.952. The third-order valence-electron chi connectivity index (χ3n) is 3.14. The molecule has 1 N–H and O–H groups in total. The number of rotatable bonds is 4. The lowest BCUT2D eigenvalue weighted by atomic mass is 10.3. The van der Waals surface area contributed by atoms with E-state index in [-0.39, 0.29) is 0 Å². The van der Waals surface area contributed by atoms with Gasteiger partial charge in [-0.15, -0.1) is 11.8 Å². The number of hydrogen-bond donors (Lipinski definition) is 1. The molecule has 0 spiro atoms. The van der Waals surface area contributed by atoms with E-state index >= 15 is 0 Å². The van der Waals surface area contributed by atoms with Crippen molar-refractivity contribution in [3.63, 3.8) is 0 Å². The minimum Gasteiger partial charge on any atom is -0.497 e. The number of methoxy groups -OCH3 is 1. The van der Waals surface area contributed by atoms with E-state index in [1.165, 1.54) is 24.2 Å². The molecule has 16 heavy (non-hydrogen) atoms. The average molecular weight is 237 g/mol. The third-order valence-corrected chi connectivity index (χ3v) is 4.42. The first kappa shape index (κ1) is 11.8. The fraction of sp³-hybridized carbons (Fsp3) is 0.538. The van der Waals surface area contributed by atoms with Crippen molar-refractivity contribution < 1.29 is 4.74 Å². The van der Waals surface area contributed by atoms with Crippen LogP contribution in [0.1, 0.15) is 19.3 Å². The summed E-state index contributed by atoms with van der Waals surface area (Å²) in [6, 6.07) is 9.06. The van der Waals surface area contributed by atoms with Crippen LogP contribution in [0.15, 0.2) is 29.2 Å². The SMILES string of the molecule is CNC1CCC(Sc2cccc(OC)c2)C1. The molecule has 1 saturated carbocycles. The molecule has 1 aliphatic carbocycles. The second-order valence-corrected chi connectivity index (χ2v) is 5.59. The molecule has 2 unspecified atom stereocenters. The van der Waals surface area contributed by atoms with E-state index in [1.807, 2.05) is 17.8 Å². The Morgan fingerprint density at radius 1 is 1.38 bits per heavy atom. The summed E-state index contributed by atoms with van der Waals surface area (Å²) in [5.41, 5.74) is 0. The topological polar surface area (TPSA) is 21.3 Å². The maximum Gasteiger partial charge on any atom is 0.119 e. The van der Waals surface area contributed by atoms with Crippen LogP contribution in [0.4, 0.5) is 0 Å². The van der Waals surface area contributed by atoms with E-state index in [0.717, 1.165) is 11.0 Å². The summed E-state index contributed by atoms with van der Waals surface area (Å²) in [5, 5.41) is 4.12. The Labute approximate surface area is 102 Å². The molecule has 2 nitrogen and oxygen atoms in total. The van der Waals surface area contributed by atoms with E-state index < -0.39 is 0 Å². The molecule has 2 rings (SSSR count). The summed E-state index contributed by atoms with van der Waals surface area (Å²) in [4.78, 5) is 1.32. The Morgan fingerprint density at radius 3 is 2.94 bits per heavy atom. The van der Waals surface area contributed by atoms with Gasteiger partial charge in [-0.2, -0.15) is 0 Å². The standard InChI is InChI=1S/C13H19NOS/c1-14-10-6-7-13(8-10)16-12-5-3-4-11(9-12)15-2/h3-5,9-10,13-14H,6-8H2,1-2H3. The van der Waals surface area contributed by atoms with Crippen molar-refractivity contribution >= 4 is 11.8 Å². The van der Waals surface area contributed by atoms with Crippen molar-refractivity contribution in [1.82, 2.24) is 5.32 Å². The molecule has 88 valence electrons. The molecule has 3 heteroatoms. The highest BCUT2D eigenvalue weighted by molar-refractivity contribution is 8.00. The Bertz CT molecular complexity index is 342. The van der Waals surface area contributed by atoms with E-state index in [9.17, 15) is 0 Å². The molecular weight excluding hydrogens is 218 g/mol. The highest BCUT2D eigenvalue weighted by Gasteiger charge is 2.23. The van der Waals surface area contributed by atoms with Crippen LogP contribution in [0.5, 0.6) is 5.75 Å². The molecule has 1 aromatic carbocycles. The molecule has 0 radical (unpaired) electrons. The lowest BCUT2D eigenvalue weighted by Gasteiger charge is -2.11. The van der Waals surface area contributed by atoms with Gasteiger partial charge in [-0.05, 0) is 44.5 Å². The lowest BCUT2D eigenvalue weighted by molar-refractivity contribution is 0.413. The van der Waals surface area contributed by atoms with Crippen LogP contribution in [0, 0.1) is 0 Å². The van der Waals surface area contributed by atoms with Gasteiger partial charge < -0.3 is 10.1 Å². The minimum absolute atomic E-state index is 0.711. The zero-order chi connectivity index (χ0) is 11.4. The molecule has 0 saturated heterocycles. The highest BCUT2D eigenvalue weighted by atomic mass is 32.2. The number of benzene rings is 1. The first-order chi connectivity index (χ1) is 7.81. The number of nitrogens with one attached hydrogen (secondary N) is 1. The number of ether oxygens (including phenoxy) is 1. The van der Waals surface area contributed by atoms with E-state index in [2.05, 4.69) is 30.6 Å². The van der Waals surface area contributed by atoms with Crippen molar-refractivity contribution in [1.29, 1.82) is 0 Å². The van der Waals surface area contributed by atoms with Gasteiger partial charge in [0.05, 0.1) is 7.11 Å². The Kier molecular flexibility index (Phi) is 4.13. The van der Waals surface area contributed by atoms with Gasteiger partial charge in [0, 0.05) is 16.2 Å². The first-order valence-corrected chi connectivity index (χ1v) is 6.67. The number of hydrogen-bond acceptors (Lipinski definition) is 3. The van der Waals surface area contributed by atoms with Crippen molar-refractivity contribution in [2.45, 2.75) is 35.4 Å². The average Bonchev–Trinajstić information content (AvgIpc) is 2.77. The molecule has 0 bridgehead atoms. The van der Waals surface area contributed by atoms with Gasteiger partial charge >= 0.3 is 0 Å². The lowest BCUT2D eigenvalue weighted by Crippen LogP contribution is -2.21. The molecule has 2 atom stereocenters. The summed E-state index contributed by atoms with van der Waals surface area (Å²) in [7, 11) is 3.78. The zero-order valence-electron chi connectivity index (χ0n) is 9.90. The van der Waals surface area contributed by atoms with Gasteiger partial charge in [0.1, 0.15) is 5.75 Å².